The van der Waals surface area contributed by atoms with Gasteiger partial charge in [-0.05, 0) is 19.1 Å². The van der Waals surface area contributed by atoms with Crippen LogP contribution in [0.2, 0.25) is 0 Å². The highest BCUT2D eigenvalue weighted by molar-refractivity contribution is 6.18. The van der Waals surface area contributed by atoms with Gasteiger partial charge in [0, 0.05) is 11.6 Å². The molecule has 5 heteroatoms. The first-order valence-corrected chi connectivity index (χ1v) is 5.42. The van der Waals surface area contributed by atoms with Gasteiger partial charge in [-0.1, -0.05) is 0 Å². The molecular formula is C11H11ClF2O2. The molecule has 1 aromatic rings. The lowest BCUT2D eigenvalue weighted by molar-refractivity contribution is -0.161. The van der Waals surface area contributed by atoms with E-state index < -0.39 is 17.4 Å². The quantitative estimate of drug-likeness (QED) is 0.750. The molecule has 1 fully saturated rings. The highest BCUT2D eigenvalue weighted by Crippen LogP contribution is 2.35. The molecule has 1 heterocycles. The van der Waals surface area contributed by atoms with E-state index in [1.54, 1.807) is 6.92 Å². The summed E-state index contributed by atoms with van der Waals surface area (Å²) in [5.41, 5.74) is 0.182. The lowest BCUT2D eigenvalue weighted by Gasteiger charge is -2.23. The molecule has 0 spiro atoms. The molecule has 0 N–H and O–H groups in total. The molecule has 1 aliphatic rings. The molecule has 88 valence electrons. The molecule has 16 heavy (non-hydrogen) atoms. The Bertz CT molecular complexity index is 400. The molecule has 1 saturated heterocycles. The van der Waals surface area contributed by atoms with Crippen LogP contribution in [-0.4, -0.2) is 18.6 Å². The van der Waals surface area contributed by atoms with Gasteiger partial charge in [0.2, 0.25) is 0 Å². The largest absolute Gasteiger partial charge is 0.343 e. The van der Waals surface area contributed by atoms with Crippen molar-refractivity contribution in [2.75, 3.05) is 12.5 Å². The highest BCUT2D eigenvalue weighted by Gasteiger charge is 2.40. The van der Waals surface area contributed by atoms with Crippen LogP contribution in [0.4, 0.5) is 8.78 Å². The fraction of sp³-hybridized carbons (Fsp3) is 0.455. The topological polar surface area (TPSA) is 18.5 Å². The van der Waals surface area contributed by atoms with Crippen LogP contribution in [0.25, 0.3) is 0 Å². The normalized spacial score (nSPS) is 29.6. The summed E-state index contributed by atoms with van der Waals surface area (Å²) in [6, 6.07) is 3.30. The van der Waals surface area contributed by atoms with E-state index >= 15 is 0 Å². The number of rotatable bonds is 2. The minimum Gasteiger partial charge on any atom is -0.343 e. The van der Waals surface area contributed by atoms with Crippen LogP contribution in [-0.2, 0) is 15.3 Å². The minimum atomic E-state index is -1.18. The summed E-state index contributed by atoms with van der Waals surface area (Å²) in [5.74, 6) is -2.22. The first-order valence-electron chi connectivity index (χ1n) is 4.88. The van der Waals surface area contributed by atoms with E-state index in [0.717, 1.165) is 6.07 Å². The summed E-state index contributed by atoms with van der Waals surface area (Å²) >= 11 is 5.63. The average Bonchev–Trinajstić information content (AvgIpc) is 2.61. The van der Waals surface area contributed by atoms with Gasteiger partial charge in [0.1, 0.15) is 11.6 Å². The smallest absolute Gasteiger partial charge is 0.195 e. The Kier molecular flexibility index (Phi) is 3.15. The number of ether oxygens (including phenoxy) is 2. The third kappa shape index (κ3) is 2.05. The predicted molar refractivity (Wildman–Crippen MR) is 55.3 cm³/mol. The molecule has 0 bridgehead atoms. The fourth-order valence-corrected chi connectivity index (χ4v) is 1.87. The maximum Gasteiger partial charge on any atom is 0.195 e. The lowest BCUT2D eigenvalue weighted by Crippen LogP contribution is -2.25. The van der Waals surface area contributed by atoms with Gasteiger partial charge in [-0.3, -0.25) is 0 Å². The van der Waals surface area contributed by atoms with Crippen LogP contribution in [0, 0.1) is 11.6 Å². The number of hydrogen-bond acceptors (Lipinski definition) is 2. The summed E-state index contributed by atoms with van der Waals surface area (Å²) in [6.07, 6.45) is -0.267. The van der Waals surface area contributed by atoms with Gasteiger partial charge < -0.3 is 9.47 Å². The van der Waals surface area contributed by atoms with Gasteiger partial charge in [0.15, 0.2) is 5.79 Å². The van der Waals surface area contributed by atoms with Gasteiger partial charge in [-0.15, -0.1) is 11.6 Å². The van der Waals surface area contributed by atoms with E-state index in [1.807, 2.05) is 0 Å². The van der Waals surface area contributed by atoms with E-state index in [-0.39, 0.29) is 17.5 Å². The number of halogens is 3. The summed E-state index contributed by atoms with van der Waals surface area (Å²) < 4.78 is 37.2. The third-order valence-electron chi connectivity index (χ3n) is 2.53. The van der Waals surface area contributed by atoms with Crippen LogP contribution >= 0.6 is 11.6 Å². The van der Waals surface area contributed by atoms with E-state index in [2.05, 4.69) is 0 Å². The van der Waals surface area contributed by atoms with Gasteiger partial charge in [0.05, 0.1) is 18.6 Å². The number of benzene rings is 1. The monoisotopic (exact) mass is 248 g/mol. The standard InChI is InChI=1S/C11H11ClF2O2/c1-11(15-6-8(5-12)16-11)9-3-2-7(13)4-10(9)14/h2-4,8H,5-6H2,1H3. The van der Waals surface area contributed by atoms with Crippen molar-refractivity contribution in [2.45, 2.75) is 18.8 Å². The van der Waals surface area contributed by atoms with Crippen molar-refractivity contribution in [1.82, 2.24) is 0 Å². The Hall–Kier alpha value is -0.710. The molecule has 2 atom stereocenters. The molecule has 0 amide bonds. The Balaban J connectivity index is 2.30. The van der Waals surface area contributed by atoms with Crippen molar-refractivity contribution >= 4 is 11.6 Å². The zero-order valence-corrected chi connectivity index (χ0v) is 9.43. The van der Waals surface area contributed by atoms with Crippen molar-refractivity contribution in [3.63, 3.8) is 0 Å². The summed E-state index contributed by atoms with van der Waals surface area (Å²) in [5, 5.41) is 0. The zero-order valence-electron chi connectivity index (χ0n) is 8.67. The Morgan fingerprint density at radius 3 is 2.81 bits per heavy atom. The van der Waals surface area contributed by atoms with Crippen LogP contribution in [0.5, 0.6) is 0 Å². The molecule has 0 radical (unpaired) electrons. The van der Waals surface area contributed by atoms with Gasteiger partial charge in [-0.25, -0.2) is 8.78 Å². The Morgan fingerprint density at radius 2 is 2.25 bits per heavy atom. The Morgan fingerprint density at radius 1 is 1.50 bits per heavy atom. The molecule has 1 aliphatic heterocycles. The van der Waals surface area contributed by atoms with Crippen molar-refractivity contribution < 1.29 is 18.3 Å². The van der Waals surface area contributed by atoms with Crippen LogP contribution in [0.3, 0.4) is 0 Å². The molecule has 0 saturated carbocycles. The van der Waals surface area contributed by atoms with E-state index in [0.29, 0.717) is 6.61 Å². The average molecular weight is 249 g/mol. The van der Waals surface area contributed by atoms with Gasteiger partial charge in [-0.2, -0.15) is 0 Å². The summed E-state index contributed by atoms with van der Waals surface area (Å²) in [7, 11) is 0. The molecule has 2 nitrogen and oxygen atoms in total. The second-order valence-corrected chi connectivity index (χ2v) is 4.08. The van der Waals surface area contributed by atoms with Crippen LogP contribution in [0.15, 0.2) is 18.2 Å². The van der Waals surface area contributed by atoms with E-state index in [9.17, 15) is 8.78 Å². The molecule has 2 unspecified atom stereocenters. The maximum atomic E-state index is 13.5. The molecule has 0 aliphatic carbocycles. The van der Waals surface area contributed by atoms with Gasteiger partial charge >= 0.3 is 0 Å². The second-order valence-electron chi connectivity index (χ2n) is 3.78. The minimum absolute atomic E-state index is 0.182. The summed E-state index contributed by atoms with van der Waals surface area (Å²) in [6.45, 7) is 1.90. The molecule has 0 aromatic heterocycles. The first-order chi connectivity index (χ1) is 7.55. The number of alkyl halides is 1. The first kappa shape index (κ1) is 11.8. The van der Waals surface area contributed by atoms with Crippen molar-refractivity contribution in [1.29, 1.82) is 0 Å². The molecule has 1 aromatic carbocycles. The Labute approximate surface area is 97.1 Å². The van der Waals surface area contributed by atoms with Crippen molar-refractivity contribution in [2.24, 2.45) is 0 Å². The van der Waals surface area contributed by atoms with Crippen LogP contribution in [0.1, 0.15) is 12.5 Å². The van der Waals surface area contributed by atoms with E-state index in [1.165, 1.54) is 12.1 Å². The zero-order chi connectivity index (χ0) is 11.8. The second kappa shape index (κ2) is 4.28. The molecular weight excluding hydrogens is 238 g/mol. The SMILES string of the molecule is CC1(c2ccc(F)cc2F)OCC(CCl)O1. The fourth-order valence-electron chi connectivity index (χ4n) is 1.71. The molecule has 2 rings (SSSR count). The summed E-state index contributed by atoms with van der Waals surface area (Å²) in [4.78, 5) is 0. The van der Waals surface area contributed by atoms with E-state index in [4.69, 9.17) is 21.1 Å². The third-order valence-corrected chi connectivity index (χ3v) is 2.87. The predicted octanol–water partition coefficient (Wildman–Crippen LogP) is 2.79. The lowest BCUT2D eigenvalue weighted by atomic mass is 10.1. The van der Waals surface area contributed by atoms with Crippen molar-refractivity contribution in [3.8, 4) is 0 Å². The van der Waals surface area contributed by atoms with Gasteiger partial charge in [0.25, 0.3) is 0 Å². The van der Waals surface area contributed by atoms with Crippen molar-refractivity contribution in [3.05, 3.63) is 35.4 Å². The highest BCUT2D eigenvalue weighted by atomic mass is 35.5. The number of hydrogen-bond donors (Lipinski definition) is 0. The van der Waals surface area contributed by atoms with Crippen LogP contribution < -0.4 is 0 Å². The maximum absolute atomic E-state index is 13.5.